The number of benzene rings is 2. The van der Waals surface area contributed by atoms with Gasteiger partial charge < -0.3 is 14.3 Å². The minimum Gasteiger partial charge on any atom is -0.451 e. The van der Waals surface area contributed by atoms with Crippen molar-refractivity contribution in [2.45, 2.75) is 17.5 Å². The summed E-state index contributed by atoms with van der Waals surface area (Å²) in [5.74, 6) is 1.16. The first-order valence-corrected chi connectivity index (χ1v) is 10.8. The van der Waals surface area contributed by atoms with Crippen molar-refractivity contribution in [3.63, 3.8) is 0 Å². The fourth-order valence-electron chi connectivity index (χ4n) is 3.19. The van der Waals surface area contributed by atoms with E-state index in [1.54, 1.807) is 18.5 Å². The molecule has 3 aromatic heterocycles. The van der Waals surface area contributed by atoms with Crippen LogP contribution in [0.3, 0.4) is 0 Å². The second-order valence-corrected chi connectivity index (χ2v) is 7.73. The van der Waals surface area contributed by atoms with Crippen LogP contribution in [0.25, 0.3) is 22.4 Å². The van der Waals surface area contributed by atoms with E-state index in [1.807, 2.05) is 54.6 Å². The van der Waals surface area contributed by atoms with Crippen molar-refractivity contribution in [3.8, 4) is 11.4 Å². The Morgan fingerprint density at radius 3 is 2.59 bits per heavy atom. The number of aromatic nitrogens is 4. The van der Waals surface area contributed by atoms with Crippen LogP contribution in [-0.2, 0) is 12.3 Å². The van der Waals surface area contributed by atoms with Crippen molar-refractivity contribution in [2.24, 2.45) is 0 Å². The lowest BCUT2D eigenvalue weighted by Crippen LogP contribution is -2.23. The molecule has 9 heteroatoms. The van der Waals surface area contributed by atoms with Gasteiger partial charge in [0.1, 0.15) is 5.58 Å². The topological polar surface area (TPSA) is 107 Å². The van der Waals surface area contributed by atoms with Gasteiger partial charge in [-0.25, -0.2) is 9.97 Å². The number of fused-ring (bicyclic) bond motifs is 1. The quantitative estimate of drug-likeness (QED) is 0.289. The zero-order valence-corrected chi connectivity index (χ0v) is 17.6. The summed E-state index contributed by atoms with van der Waals surface area (Å²) in [5.41, 5.74) is 2.27. The second kappa shape index (κ2) is 9.03. The van der Waals surface area contributed by atoms with Crippen LogP contribution >= 0.6 is 11.8 Å². The van der Waals surface area contributed by atoms with Gasteiger partial charge in [0.05, 0.1) is 6.54 Å². The number of nitrogens with zero attached hydrogens (tertiary/aromatic N) is 4. The number of rotatable bonds is 7. The maximum atomic E-state index is 13.0. The molecule has 0 radical (unpaired) electrons. The van der Waals surface area contributed by atoms with Crippen LogP contribution in [0, 0.1) is 0 Å². The molecule has 2 aromatic carbocycles. The van der Waals surface area contributed by atoms with Gasteiger partial charge in [0.15, 0.2) is 10.9 Å². The Balaban J connectivity index is 1.33. The highest BCUT2D eigenvalue weighted by atomic mass is 32.2. The zero-order valence-electron chi connectivity index (χ0n) is 16.8. The van der Waals surface area contributed by atoms with Crippen molar-refractivity contribution < 1.29 is 13.7 Å². The van der Waals surface area contributed by atoms with E-state index in [9.17, 15) is 4.79 Å². The second-order valence-electron chi connectivity index (χ2n) is 6.79. The lowest BCUT2D eigenvalue weighted by molar-refractivity contribution is 0.0919. The molecule has 0 atom stereocenters. The average molecular weight is 443 g/mol. The Hall–Kier alpha value is -3.98. The van der Waals surface area contributed by atoms with Gasteiger partial charge in [0.25, 0.3) is 5.91 Å². The van der Waals surface area contributed by atoms with E-state index in [-0.39, 0.29) is 18.2 Å². The molecule has 0 bridgehead atoms. The third kappa shape index (κ3) is 4.23. The molecule has 0 saturated carbocycles. The van der Waals surface area contributed by atoms with E-state index in [4.69, 9.17) is 8.94 Å². The molecular formula is C23H17N5O3S. The molecule has 8 nitrogen and oxygen atoms in total. The van der Waals surface area contributed by atoms with Crippen LogP contribution < -0.4 is 5.32 Å². The number of carbonyl (C=O) groups is 1. The van der Waals surface area contributed by atoms with Gasteiger partial charge in [-0.1, -0.05) is 65.4 Å². The molecule has 158 valence electrons. The molecule has 3 heterocycles. The number of nitrogens with one attached hydrogen (secondary N) is 1. The fraction of sp³-hybridized carbons (Fsp3) is 0.0870. The number of para-hydroxylation sites is 1. The number of carbonyl (C=O) groups excluding carboxylic acids is 1. The van der Waals surface area contributed by atoms with Crippen LogP contribution in [0.5, 0.6) is 0 Å². The number of thioether (sulfide) groups is 1. The minimum atomic E-state index is -0.356. The first-order valence-electron chi connectivity index (χ1n) is 9.84. The van der Waals surface area contributed by atoms with Gasteiger partial charge in [-0.05, 0) is 12.1 Å². The SMILES string of the molecule is O=C(NCc1nc(-c2ccccc2)no1)c1oc2ccccc2c1CSc1ncccn1. The normalized spacial score (nSPS) is 11.0. The van der Waals surface area contributed by atoms with Gasteiger partial charge in [-0.3, -0.25) is 4.79 Å². The van der Waals surface area contributed by atoms with Crippen LogP contribution in [0.2, 0.25) is 0 Å². The standard InChI is InChI=1S/C23H17N5O3S/c29-22(26-13-19-27-21(28-31-19)15-7-2-1-3-8-15)20-17(14-32-23-24-11-6-12-25-23)16-9-4-5-10-18(16)30-20/h1-12H,13-14H2,(H,26,29). The Kier molecular flexibility index (Phi) is 5.63. The van der Waals surface area contributed by atoms with Crippen molar-refractivity contribution >= 4 is 28.6 Å². The van der Waals surface area contributed by atoms with Crippen LogP contribution in [0.1, 0.15) is 22.0 Å². The van der Waals surface area contributed by atoms with Gasteiger partial charge in [0.2, 0.25) is 11.7 Å². The Morgan fingerprint density at radius 2 is 1.75 bits per heavy atom. The van der Waals surface area contributed by atoms with E-state index >= 15 is 0 Å². The van der Waals surface area contributed by atoms with Gasteiger partial charge >= 0.3 is 0 Å². The van der Waals surface area contributed by atoms with Crippen molar-refractivity contribution in [1.29, 1.82) is 0 Å². The molecular weight excluding hydrogens is 426 g/mol. The summed E-state index contributed by atoms with van der Waals surface area (Å²) in [5, 5.41) is 8.29. The lowest BCUT2D eigenvalue weighted by atomic mass is 10.1. The summed E-state index contributed by atoms with van der Waals surface area (Å²) in [6, 6.07) is 18.8. The number of hydrogen-bond acceptors (Lipinski definition) is 8. The highest BCUT2D eigenvalue weighted by Gasteiger charge is 2.21. The Bertz CT molecular complexity index is 1350. The van der Waals surface area contributed by atoms with E-state index < -0.39 is 0 Å². The van der Waals surface area contributed by atoms with Crippen molar-refractivity contribution in [3.05, 3.63) is 90.3 Å². The predicted octanol–water partition coefficient (Wildman–Crippen LogP) is 4.50. The van der Waals surface area contributed by atoms with Crippen LogP contribution in [-0.4, -0.2) is 26.0 Å². The van der Waals surface area contributed by atoms with Crippen LogP contribution in [0.15, 0.2) is 87.2 Å². The molecule has 5 aromatic rings. The van der Waals surface area contributed by atoms with E-state index in [1.165, 1.54) is 11.8 Å². The average Bonchev–Trinajstić information content (AvgIpc) is 3.47. The fourth-order valence-corrected chi connectivity index (χ4v) is 4.02. The number of amides is 1. The van der Waals surface area contributed by atoms with Gasteiger partial charge in [-0.2, -0.15) is 4.98 Å². The first-order chi connectivity index (χ1) is 15.8. The molecule has 0 saturated heterocycles. The molecule has 0 aliphatic carbocycles. The monoisotopic (exact) mass is 443 g/mol. The Morgan fingerprint density at radius 1 is 0.969 bits per heavy atom. The molecule has 1 amide bonds. The molecule has 0 aliphatic rings. The maximum absolute atomic E-state index is 13.0. The largest absolute Gasteiger partial charge is 0.451 e. The summed E-state index contributed by atoms with van der Waals surface area (Å²) in [4.78, 5) is 25.8. The predicted molar refractivity (Wildman–Crippen MR) is 119 cm³/mol. The third-order valence-electron chi connectivity index (χ3n) is 4.69. The number of hydrogen-bond donors (Lipinski definition) is 1. The molecule has 0 spiro atoms. The van der Waals surface area contributed by atoms with E-state index in [0.29, 0.717) is 28.2 Å². The van der Waals surface area contributed by atoms with Gasteiger partial charge in [-0.15, -0.1) is 0 Å². The van der Waals surface area contributed by atoms with E-state index in [2.05, 4.69) is 25.4 Å². The van der Waals surface area contributed by atoms with Crippen LogP contribution in [0.4, 0.5) is 0 Å². The Labute approximate surface area is 187 Å². The molecule has 0 unspecified atom stereocenters. The summed E-state index contributed by atoms with van der Waals surface area (Å²) in [6.07, 6.45) is 3.37. The molecule has 1 N–H and O–H groups in total. The zero-order chi connectivity index (χ0) is 21.8. The summed E-state index contributed by atoms with van der Waals surface area (Å²) in [7, 11) is 0. The highest BCUT2D eigenvalue weighted by Crippen LogP contribution is 2.31. The van der Waals surface area contributed by atoms with Gasteiger partial charge in [0, 0.05) is 34.7 Å². The van der Waals surface area contributed by atoms with E-state index in [0.717, 1.165) is 16.5 Å². The third-order valence-corrected chi connectivity index (χ3v) is 5.59. The van der Waals surface area contributed by atoms with Crippen molar-refractivity contribution in [2.75, 3.05) is 0 Å². The lowest BCUT2D eigenvalue weighted by Gasteiger charge is -2.03. The summed E-state index contributed by atoms with van der Waals surface area (Å²) < 4.78 is 11.2. The minimum absolute atomic E-state index is 0.0874. The maximum Gasteiger partial charge on any atom is 0.287 e. The highest BCUT2D eigenvalue weighted by molar-refractivity contribution is 7.98. The molecule has 0 aliphatic heterocycles. The summed E-state index contributed by atoms with van der Waals surface area (Å²) in [6.45, 7) is 0.0874. The summed E-state index contributed by atoms with van der Waals surface area (Å²) >= 11 is 1.44. The molecule has 32 heavy (non-hydrogen) atoms. The smallest absolute Gasteiger partial charge is 0.287 e. The molecule has 0 fully saturated rings. The first kappa shape index (κ1) is 20.0. The molecule has 5 rings (SSSR count). The number of furan rings is 1. The van der Waals surface area contributed by atoms with Crippen molar-refractivity contribution in [1.82, 2.24) is 25.4 Å².